The van der Waals surface area contributed by atoms with E-state index in [1.165, 1.54) is 5.56 Å². The quantitative estimate of drug-likeness (QED) is 0.872. The number of nitrogens with zero attached hydrogens (tertiary/aromatic N) is 2. The first-order valence-electron chi connectivity index (χ1n) is 9.45. The van der Waals surface area contributed by atoms with E-state index in [1.54, 1.807) is 18.5 Å². The second-order valence-electron chi connectivity index (χ2n) is 7.51. The van der Waals surface area contributed by atoms with Crippen LogP contribution < -0.4 is 10.6 Å². The van der Waals surface area contributed by atoms with Crippen molar-refractivity contribution < 1.29 is 9.59 Å². The highest BCUT2D eigenvalue weighted by Crippen LogP contribution is 2.58. The molecule has 27 heavy (non-hydrogen) atoms. The number of rotatable bonds is 4. The number of carbonyl (C=O) groups excluding carboxylic acids is 2. The predicted octanol–water partition coefficient (Wildman–Crippen LogP) is 3.53. The SMILES string of the molecule is CCc1cccc(NC(=O)N2CC[C@]3(C[C@@H]3C(=O)Nc3cccnc3)C2)c1. The van der Waals surface area contributed by atoms with Gasteiger partial charge >= 0.3 is 6.03 Å². The molecule has 6 nitrogen and oxygen atoms in total. The van der Waals surface area contributed by atoms with Crippen LogP contribution in [0.1, 0.15) is 25.3 Å². The Kier molecular flexibility index (Phi) is 4.56. The topological polar surface area (TPSA) is 74.3 Å². The first kappa shape index (κ1) is 17.5. The van der Waals surface area contributed by atoms with E-state index in [-0.39, 0.29) is 23.3 Å². The van der Waals surface area contributed by atoms with Crippen molar-refractivity contribution in [1.29, 1.82) is 0 Å². The number of anilines is 2. The summed E-state index contributed by atoms with van der Waals surface area (Å²) in [5, 5.41) is 5.92. The van der Waals surface area contributed by atoms with E-state index in [1.807, 2.05) is 29.2 Å². The Morgan fingerprint density at radius 2 is 2.07 bits per heavy atom. The molecular formula is C21H24N4O2. The summed E-state index contributed by atoms with van der Waals surface area (Å²) in [6.07, 6.45) is 5.97. The molecule has 1 spiro atoms. The van der Waals surface area contributed by atoms with Crippen molar-refractivity contribution >= 4 is 23.3 Å². The molecule has 4 rings (SSSR count). The molecule has 1 saturated carbocycles. The first-order chi connectivity index (χ1) is 13.1. The van der Waals surface area contributed by atoms with E-state index in [4.69, 9.17) is 0 Å². The van der Waals surface area contributed by atoms with E-state index in [2.05, 4.69) is 28.6 Å². The molecule has 1 aromatic carbocycles. The predicted molar refractivity (Wildman–Crippen MR) is 104 cm³/mol. The molecule has 0 bridgehead atoms. The summed E-state index contributed by atoms with van der Waals surface area (Å²) in [5.41, 5.74) is 2.67. The summed E-state index contributed by atoms with van der Waals surface area (Å²) in [6, 6.07) is 11.5. The number of amides is 3. The van der Waals surface area contributed by atoms with Crippen molar-refractivity contribution in [3.63, 3.8) is 0 Å². The fraction of sp³-hybridized carbons (Fsp3) is 0.381. The number of hydrogen-bond acceptors (Lipinski definition) is 3. The molecule has 140 valence electrons. The van der Waals surface area contributed by atoms with Gasteiger partial charge < -0.3 is 15.5 Å². The monoisotopic (exact) mass is 364 g/mol. The van der Waals surface area contributed by atoms with Gasteiger partial charge in [-0.25, -0.2) is 4.79 Å². The van der Waals surface area contributed by atoms with Crippen LogP contribution in [-0.4, -0.2) is 34.9 Å². The third-order valence-electron chi connectivity index (χ3n) is 5.69. The standard InChI is InChI=1S/C21H24N4O2/c1-2-15-5-3-6-16(11-15)24-20(27)25-10-8-21(14-25)12-18(21)19(26)23-17-7-4-9-22-13-17/h3-7,9,11,13,18H,2,8,10,12,14H2,1H3,(H,23,26)(H,24,27)/t18-,21+/m1/s1. The number of likely N-dealkylation sites (tertiary alicyclic amines) is 1. The Hall–Kier alpha value is -2.89. The fourth-order valence-corrected chi connectivity index (χ4v) is 3.98. The number of benzene rings is 1. The van der Waals surface area contributed by atoms with Crippen molar-refractivity contribution in [2.45, 2.75) is 26.2 Å². The molecule has 2 fully saturated rings. The lowest BCUT2D eigenvalue weighted by Gasteiger charge is -2.18. The van der Waals surface area contributed by atoms with Gasteiger partial charge in [0.2, 0.25) is 5.91 Å². The normalized spacial score (nSPS) is 23.3. The minimum Gasteiger partial charge on any atom is -0.324 e. The van der Waals surface area contributed by atoms with E-state index in [9.17, 15) is 9.59 Å². The number of urea groups is 1. The van der Waals surface area contributed by atoms with Gasteiger partial charge in [0, 0.05) is 36.3 Å². The van der Waals surface area contributed by atoms with Crippen molar-refractivity contribution in [3.05, 3.63) is 54.4 Å². The largest absolute Gasteiger partial charge is 0.324 e. The third kappa shape index (κ3) is 3.65. The van der Waals surface area contributed by atoms with Crippen LogP contribution in [0.25, 0.3) is 0 Å². The molecule has 2 aliphatic rings. The number of nitrogens with one attached hydrogen (secondary N) is 2. The molecule has 2 heterocycles. The van der Waals surface area contributed by atoms with Crippen molar-refractivity contribution in [3.8, 4) is 0 Å². The van der Waals surface area contributed by atoms with Crippen LogP contribution >= 0.6 is 0 Å². The third-order valence-corrected chi connectivity index (χ3v) is 5.69. The lowest BCUT2D eigenvalue weighted by molar-refractivity contribution is -0.118. The fourth-order valence-electron chi connectivity index (χ4n) is 3.98. The zero-order valence-corrected chi connectivity index (χ0v) is 15.4. The molecule has 1 aliphatic carbocycles. The molecule has 2 N–H and O–H groups in total. The van der Waals surface area contributed by atoms with Crippen LogP contribution in [0.3, 0.4) is 0 Å². The van der Waals surface area contributed by atoms with E-state index in [0.717, 1.165) is 24.9 Å². The molecule has 3 amide bonds. The van der Waals surface area contributed by atoms with Crippen LogP contribution in [-0.2, 0) is 11.2 Å². The van der Waals surface area contributed by atoms with Gasteiger partial charge in [0.1, 0.15) is 0 Å². The molecular weight excluding hydrogens is 340 g/mol. The minimum atomic E-state index is -0.0848. The van der Waals surface area contributed by atoms with Crippen LogP contribution in [0, 0.1) is 11.3 Å². The highest BCUT2D eigenvalue weighted by atomic mass is 16.2. The number of hydrogen-bond donors (Lipinski definition) is 2. The van der Waals surface area contributed by atoms with Gasteiger partial charge in [-0.2, -0.15) is 0 Å². The van der Waals surface area contributed by atoms with Crippen LogP contribution in [0.5, 0.6) is 0 Å². The summed E-state index contributed by atoms with van der Waals surface area (Å²) in [4.78, 5) is 31.0. The number of pyridine rings is 1. The zero-order valence-electron chi connectivity index (χ0n) is 15.4. The highest BCUT2D eigenvalue weighted by molar-refractivity contribution is 5.95. The van der Waals surface area contributed by atoms with Gasteiger partial charge in [0.25, 0.3) is 0 Å². The van der Waals surface area contributed by atoms with Crippen LogP contribution in [0.2, 0.25) is 0 Å². The molecule has 6 heteroatoms. The summed E-state index contributed by atoms with van der Waals surface area (Å²) in [5.74, 6) is -0.000157. The second-order valence-corrected chi connectivity index (χ2v) is 7.51. The lowest BCUT2D eigenvalue weighted by Crippen LogP contribution is -2.33. The van der Waals surface area contributed by atoms with Gasteiger partial charge in [-0.3, -0.25) is 9.78 Å². The van der Waals surface area contributed by atoms with Gasteiger partial charge in [0.05, 0.1) is 11.9 Å². The van der Waals surface area contributed by atoms with Crippen LogP contribution in [0.15, 0.2) is 48.8 Å². The summed E-state index contributed by atoms with van der Waals surface area (Å²) >= 11 is 0. The smallest absolute Gasteiger partial charge is 0.321 e. The average molecular weight is 364 g/mol. The Morgan fingerprint density at radius 1 is 1.22 bits per heavy atom. The second kappa shape index (κ2) is 7.02. The molecule has 2 atom stereocenters. The Balaban J connectivity index is 1.33. The van der Waals surface area contributed by atoms with Gasteiger partial charge in [0.15, 0.2) is 0 Å². The molecule has 0 unspecified atom stereocenters. The van der Waals surface area contributed by atoms with Gasteiger partial charge in [-0.1, -0.05) is 19.1 Å². The highest BCUT2D eigenvalue weighted by Gasteiger charge is 2.61. The maximum Gasteiger partial charge on any atom is 0.321 e. The van der Waals surface area contributed by atoms with Crippen molar-refractivity contribution in [2.24, 2.45) is 11.3 Å². The van der Waals surface area contributed by atoms with E-state index >= 15 is 0 Å². The summed E-state index contributed by atoms with van der Waals surface area (Å²) < 4.78 is 0. The summed E-state index contributed by atoms with van der Waals surface area (Å²) in [6.45, 7) is 3.42. The molecule has 2 aromatic rings. The molecule has 0 radical (unpaired) electrons. The van der Waals surface area contributed by atoms with Crippen molar-refractivity contribution in [1.82, 2.24) is 9.88 Å². The Bertz CT molecular complexity index is 854. The number of carbonyl (C=O) groups is 2. The minimum absolute atomic E-state index is 0.0286. The van der Waals surface area contributed by atoms with Gasteiger partial charge in [-0.15, -0.1) is 0 Å². The van der Waals surface area contributed by atoms with Crippen LogP contribution in [0.4, 0.5) is 16.2 Å². The molecule has 1 saturated heterocycles. The number of aromatic nitrogens is 1. The first-order valence-corrected chi connectivity index (χ1v) is 9.45. The maximum atomic E-state index is 12.6. The molecule has 1 aromatic heterocycles. The Morgan fingerprint density at radius 3 is 2.85 bits per heavy atom. The molecule has 1 aliphatic heterocycles. The average Bonchev–Trinajstić information content (AvgIpc) is 3.22. The van der Waals surface area contributed by atoms with E-state index in [0.29, 0.717) is 18.8 Å². The van der Waals surface area contributed by atoms with Crippen molar-refractivity contribution in [2.75, 3.05) is 23.7 Å². The zero-order chi connectivity index (χ0) is 18.9. The lowest BCUT2D eigenvalue weighted by atomic mass is 10.0. The summed E-state index contributed by atoms with van der Waals surface area (Å²) in [7, 11) is 0. The van der Waals surface area contributed by atoms with E-state index < -0.39 is 0 Å². The number of aryl methyl sites for hydroxylation is 1. The maximum absolute atomic E-state index is 12.6. The van der Waals surface area contributed by atoms with Gasteiger partial charge in [-0.05, 0) is 49.1 Å². The Labute approximate surface area is 159 Å².